The lowest BCUT2D eigenvalue weighted by atomic mass is 10.0. The summed E-state index contributed by atoms with van der Waals surface area (Å²) in [5.41, 5.74) is 0. The van der Waals surface area contributed by atoms with E-state index in [0.717, 1.165) is 39.0 Å². The van der Waals surface area contributed by atoms with Crippen molar-refractivity contribution in [2.45, 2.75) is 25.3 Å². The fourth-order valence-corrected chi connectivity index (χ4v) is 2.76. The molecule has 0 bridgehead atoms. The highest BCUT2D eigenvalue weighted by atomic mass is 16.5. The van der Waals surface area contributed by atoms with E-state index in [1.807, 2.05) is 9.58 Å². The molecular formula is C12H18N4O2. The van der Waals surface area contributed by atoms with Crippen molar-refractivity contribution in [3.63, 3.8) is 0 Å². The average Bonchev–Trinajstić information content (AvgIpc) is 3.11. The Kier molecular flexibility index (Phi) is 3.27. The van der Waals surface area contributed by atoms with Gasteiger partial charge in [0.2, 0.25) is 5.91 Å². The number of nitrogens with zero attached hydrogens (tertiary/aromatic N) is 4. The Bertz CT molecular complexity index is 400. The first-order chi connectivity index (χ1) is 8.84. The maximum absolute atomic E-state index is 12.3. The van der Waals surface area contributed by atoms with Crippen LogP contribution in [0.5, 0.6) is 0 Å². The number of hydrogen-bond donors (Lipinski definition) is 0. The number of carbonyl (C=O) groups excluding carboxylic acids is 1. The van der Waals surface area contributed by atoms with E-state index in [-0.39, 0.29) is 17.9 Å². The minimum Gasteiger partial charge on any atom is -0.381 e. The van der Waals surface area contributed by atoms with Crippen LogP contribution < -0.4 is 0 Å². The van der Waals surface area contributed by atoms with Gasteiger partial charge in [0.25, 0.3) is 0 Å². The van der Waals surface area contributed by atoms with Gasteiger partial charge in [0.05, 0.1) is 18.6 Å². The molecule has 1 aromatic rings. The zero-order valence-corrected chi connectivity index (χ0v) is 10.4. The number of hydrogen-bond acceptors (Lipinski definition) is 4. The van der Waals surface area contributed by atoms with Crippen LogP contribution in [0.1, 0.15) is 25.3 Å². The van der Waals surface area contributed by atoms with Gasteiger partial charge in [-0.3, -0.25) is 4.79 Å². The minimum absolute atomic E-state index is 0.0690. The first-order valence-corrected chi connectivity index (χ1v) is 6.55. The predicted octanol–water partition coefficient (Wildman–Crippen LogP) is 0.478. The predicted molar refractivity (Wildman–Crippen MR) is 63.8 cm³/mol. The molecule has 1 aromatic heterocycles. The highest BCUT2D eigenvalue weighted by Gasteiger charge is 2.31. The molecule has 0 saturated carbocycles. The number of ether oxygens (including phenoxy) is 1. The first kappa shape index (κ1) is 11.6. The topological polar surface area (TPSA) is 60.2 Å². The van der Waals surface area contributed by atoms with E-state index in [1.165, 1.54) is 0 Å². The van der Waals surface area contributed by atoms with Gasteiger partial charge in [-0.05, 0) is 19.3 Å². The summed E-state index contributed by atoms with van der Waals surface area (Å²) in [5, 5.41) is 4.17. The number of rotatable bonds is 2. The van der Waals surface area contributed by atoms with Gasteiger partial charge in [-0.1, -0.05) is 0 Å². The number of piperidine rings is 1. The second kappa shape index (κ2) is 5.06. The van der Waals surface area contributed by atoms with E-state index in [9.17, 15) is 4.79 Å². The molecule has 2 aliphatic heterocycles. The molecular weight excluding hydrogens is 232 g/mol. The minimum atomic E-state index is 0.0690. The molecule has 98 valence electrons. The number of amides is 1. The van der Waals surface area contributed by atoms with E-state index < -0.39 is 0 Å². The molecule has 0 aliphatic carbocycles. The smallest absolute Gasteiger partial charge is 0.228 e. The lowest BCUT2D eigenvalue weighted by Crippen LogP contribution is -2.43. The van der Waals surface area contributed by atoms with Crippen LogP contribution in [-0.2, 0) is 9.53 Å². The third kappa shape index (κ3) is 2.25. The molecule has 0 unspecified atom stereocenters. The van der Waals surface area contributed by atoms with Crippen LogP contribution in [0, 0.1) is 5.92 Å². The van der Waals surface area contributed by atoms with Gasteiger partial charge in [-0.2, -0.15) is 5.10 Å². The molecule has 3 rings (SSSR count). The normalized spacial score (nSPS) is 28.6. The van der Waals surface area contributed by atoms with Gasteiger partial charge in [-0.25, -0.2) is 9.67 Å². The summed E-state index contributed by atoms with van der Waals surface area (Å²) >= 11 is 0. The quantitative estimate of drug-likeness (QED) is 0.766. The van der Waals surface area contributed by atoms with Gasteiger partial charge in [0.15, 0.2) is 0 Å². The molecule has 0 spiro atoms. The number of aromatic nitrogens is 3. The van der Waals surface area contributed by atoms with Crippen molar-refractivity contribution in [2.75, 3.05) is 26.3 Å². The van der Waals surface area contributed by atoms with Crippen molar-refractivity contribution < 1.29 is 9.53 Å². The Labute approximate surface area is 106 Å². The van der Waals surface area contributed by atoms with E-state index in [0.29, 0.717) is 6.61 Å². The highest BCUT2D eigenvalue weighted by Crippen LogP contribution is 2.23. The molecule has 6 nitrogen and oxygen atoms in total. The molecule has 0 radical (unpaired) electrons. The van der Waals surface area contributed by atoms with Gasteiger partial charge in [-0.15, -0.1) is 0 Å². The summed E-state index contributed by atoms with van der Waals surface area (Å²) in [6, 6.07) is 0.271. The fourth-order valence-electron chi connectivity index (χ4n) is 2.76. The summed E-state index contributed by atoms with van der Waals surface area (Å²) in [4.78, 5) is 18.3. The van der Waals surface area contributed by atoms with E-state index >= 15 is 0 Å². The maximum Gasteiger partial charge on any atom is 0.228 e. The summed E-state index contributed by atoms with van der Waals surface area (Å²) in [6.45, 7) is 2.92. The monoisotopic (exact) mass is 250 g/mol. The van der Waals surface area contributed by atoms with Crippen LogP contribution in [0.25, 0.3) is 0 Å². The Morgan fingerprint density at radius 3 is 3.06 bits per heavy atom. The summed E-state index contributed by atoms with van der Waals surface area (Å²) in [7, 11) is 0. The highest BCUT2D eigenvalue weighted by molar-refractivity contribution is 5.79. The lowest BCUT2D eigenvalue weighted by molar-refractivity contribution is -0.137. The largest absolute Gasteiger partial charge is 0.381 e. The molecule has 6 heteroatoms. The van der Waals surface area contributed by atoms with Crippen molar-refractivity contribution in [3.05, 3.63) is 12.7 Å². The van der Waals surface area contributed by atoms with E-state index in [2.05, 4.69) is 10.1 Å². The zero-order chi connectivity index (χ0) is 12.4. The van der Waals surface area contributed by atoms with Crippen LogP contribution in [-0.4, -0.2) is 51.9 Å². The van der Waals surface area contributed by atoms with Crippen LogP contribution in [0.4, 0.5) is 0 Å². The SMILES string of the molecule is O=C([C@H]1CCOC1)N1CCC[C@H](n2cncn2)C1. The van der Waals surface area contributed by atoms with Gasteiger partial charge in [0.1, 0.15) is 12.7 Å². The molecule has 18 heavy (non-hydrogen) atoms. The van der Waals surface area contributed by atoms with Gasteiger partial charge in [0, 0.05) is 19.7 Å². The van der Waals surface area contributed by atoms with Crippen molar-refractivity contribution >= 4 is 5.91 Å². The van der Waals surface area contributed by atoms with Crippen molar-refractivity contribution in [2.24, 2.45) is 5.92 Å². The van der Waals surface area contributed by atoms with Crippen LogP contribution in [0.2, 0.25) is 0 Å². The molecule has 1 amide bonds. The van der Waals surface area contributed by atoms with Crippen LogP contribution >= 0.6 is 0 Å². The molecule has 2 fully saturated rings. The summed E-state index contributed by atoms with van der Waals surface area (Å²) in [6.07, 6.45) is 6.24. The summed E-state index contributed by atoms with van der Waals surface area (Å²) < 4.78 is 7.16. The fraction of sp³-hybridized carbons (Fsp3) is 0.750. The van der Waals surface area contributed by atoms with Crippen molar-refractivity contribution in [1.82, 2.24) is 19.7 Å². The number of likely N-dealkylation sites (tertiary alicyclic amines) is 1. The van der Waals surface area contributed by atoms with Crippen LogP contribution in [0.3, 0.4) is 0 Å². The Morgan fingerprint density at radius 1 is 1.39 bits per heavy atom. The van der Waals surface area contributed by atoms with Crippen LogP contribution in [0.15, 0.2) is 12.7 Å². The maximum atomic E-state index is 12.3. The Balaban J connectivity index is 1.64. The number of carbonyl (C=O) groups is 1. The third-order valence-electron chi connectivity index (χ3n) is 3.80. The molecule has 2 saturated heterocycles. The lowest BCUT2D eigenvalue weighted by Gasteiger charge is -2.33. The van der Waals surface area contributed by atoms with Gasteiger partial charge >= 0.3 is 0 Å². The van der Waals surface area contributed by atoms with Crippen molar-refractivity contribution in [1.29, 1.82) is 0 Å². The molecule has 0 N–H and O–H groups in total. The molecule has 3 heterocycles. The standard InChI is InChI=1S/C12H18N4O2/c17-12(10-3-5-18-7-10)15-4-1-2-11(6-15)16-9-13-8-14-16/h8-11H,1-7H2/t10-,11-/m0/s1. The van der Waals surface area contributed by atoms with E-state index in [1.54, 1.807) is 12.7 Å². The van der Waals surface area contributed by atoms with Crippen molar-refractivity contribution in [3.8, 4) is 0 Å². The first-order valence-electron chi connectivity index (χ1n) is 6.55. The zero-order valence-electron chi connectivity index (χ0n) is 10.4. The van der Waals surface area contributed by atoms with E-state index in [4.69, 9.17) is 4.74 Å². The third-order valence-corrected chi connectivity index (χ3v) is 3.80. The molecule has 0 aromatic carbocycles. The molecule has 2 aliphatic rings. The Morgan fingerprint density at radius 2 is 2.33 bits per heavy atom. The Hall–Kier alpha value is -1.43. The second-order valence-electron chi connectivity index (χ2n) is 5.02. The van der Waals surface area contributed by atoms with Gasteiger partial charge < -0.3 is 9.64 Å². The second-order valence-corrected chi connectivity index (χ2v) is 5.02. The molecule has 2 atom stereocenters. The average molecular weight is 250 g/mol. The summed E-state index contributed by atoms with van der Waals surface area (Å²) in [5.74, 6) is 0.316.